The van der Waals surface area contributed by atoms with E-state index < -0.39 is 0 Å². The maximum Gasteiger partial charge on any atom is 0.353 e. The van der Waals surface area contributed by atoms with Crippen LogP contribution in [0.25, 0.3) is 6.08 Å². The quantitative estimate of drug-likeness (QED) is 0.276. The second kappa shape index (κ2) is 7.73. The van der Waals surface area contributed by atoms with Gasteiger partial charge in [0.1, 0.15) is 10.6 Å². The molecule has 3 nitrogen and oxygen atoms in total. The van der Waals surface area contributed by atoms with E-state index in [1.54, 1.807) is 42.5 Å². The number of benzene rings is 2. The molecule has 0 spiro atoms. The predicted molar refractivity (Wildman–Crippen MR) is 100 cm³/mol. The summed E-state index contributed by atoms with van der Waals surface area (Å²) in [5, 5.41) is 1.83. The van der Waals surface area contributed by atoms with Crippen molar-refractivity contribution >= 4 is 29.2 Å². The first-order chi connectivity index (χ1) is 12.1. The second-order valence-corrected chi connectivity index (χ2v) is 6.45. The Hall–Kier alpha value is -2.98. The fourth-order valence-corrected chi connectivity index (χ4v) is 2.78. The molecule has 0 radical (unpaired) electrons. The second-order valence-electron chi connectivity index (χ2n) is 5.50. The van der Waals surface area contributed by atoms with Crippen molar-refractivity contribution < 1.29 is 14.3 Å². The molecule has 0 atom stereocenters. The molecule has 0 N–H and O–H groups in total. The number of aryl methyl sites for hydroxylation is 1. The van der Waals surface area contributed by atoms with Crippen molar-refractivity contribution in [3.63, 3.8) is 0 Å². The van der Waals surface area contributed by atoms with Gasteiger partial charge in [0.25, 0.3) is 0 Å². The zero-order valence-corrected chi connectivity index (χ0v) is 14.5. The molecule has 1 heterocycles. The molecule has 3 aromatic rings. The fraction of sp³-hybridized carbons (Fsp3) is 0.0476. The summed E-state index contributed by atoms with van der Waals surface area (Å²) in [5.74, 6) is 0.0569. The summed E-state index contributed by atoms with van der Waals surface area (Å²) in [7, 11) is 0. The standard InChI is InChI=1S/C21H16O3S/c1-15-4-9-17(10-5-15)19(22)13-8-16-6-11-18(12-7-16)24-21(23)20-3-2-14-25-20/h2-14H,1H3/b13-8+. The van der Waals surface area contributed by atoms with Gasteiger partial charge < -0.3 is 4.74 Å². The number of ether oxygens (including phenoxy) is 1. The molecule has 25 heavy (non-hydrogen) atoms. The Labute approximate surface area is 150 Å². The highest BCUT2D eigenvalue weighted by molar-refractivity contribution is 7.12. The van der Waals surface area contributed by atoms with Gasteiger partial charge in [0, 0.05) is 5.56 Å². The van der Waals surface area contributed by atoms with E-state index in [2.05, 4.69) is 0 Å². The molecule has 0 saturated carbocycles. The minimum atomic E-state index is -0.368. The molecule has 0 saturated heterocycles. The average Bonchev–Trinajstić information content (AvgIpc) is 3.16. The van der Waals surface area contributed by atoms with E-state index >= 15 is 0 Å². The Morgan fingerprint density at radius 1 is 0.960 bits per heavy atom. The zero-order valence-electron chi connectivity index (χ0n) is 13.6. The maximum atomic E-state index is 12.1. The summed E-state index contributed by atoms with van der Waals surface area (Å²) in [6.07, 6.45) is 3.28. The van der Waals surface area contributed by atoms with Crippen LogP contribution in [0.15, 0.2) is 72.1 Å². The van der Waals surface area contributed by atoms with E-state index in [4.69, 9.17) is 4.74 Å². The summed E-state index contributed by atoms with van der Waals surface area (Å²) in [4.78, 5) is 24.6. The molecule has 0 aliphatic heterocycles. The van der Waals surface area contributed by atoms with Crippen molar-refractivity contribution in [2.24, 2.45) is 0 Å². The van der Waals surface area contributed by atoms with Crippen LogP contribution in [0.1, 0.15) is 31.2 Å². The van der Waals surface area contributed by atoms with Gasteiger partial charge in [-0.15, -0.1) is 11.3 Å². The molecule has 124 valence electrons. The monoisotopic (exact) mass is 348 g/mol. The Balaban J connectivity index is 1.63. The van der Waals surface area contributed by atoms with E-state index in [0.29, 0.717) is 16.2 Å². The number of esters is 1. The molecule has 0 aliphatic rings. The number of carbonyl (C=O) groups excluding carboxylic acids is 2. The number of thiophene rings is 1. The van der Waals surface area contributed by atoms with E-state index in [-0.39, 0.29) is 11.8 Å². The largest absolute Gasteiger partial charge is 0.422 e. The summed E-state index contributed by atoms with van der Waals surface area (Å²) in [6, 6.07) is 18.0. The van der Waals surface area contributed by atoms with Crippen molar-refractivity contribution in [3.05, 3.63) is 93.7 Å². The van der Waals surface area contributed by atoms with Crippen LogP contribution in [-0.2, 0) is 0 Å². The minimum Gasteiger partial charge on any atom is -0.422 e. The van der Waals surface area contributed by atoms with Crippen molar-refractivity contribution in [3.8, 4) is 5.75 Å². The number of allylic oxidation sites excluding steroid dienone is 1. The fourth-order valence-electron chi connectivity index (χ4n) is 2.18. The summed E-state index contributed by atoms with van der Waals surface area (Å²) < 4.78 is 5.30. The normalized spacial score (nSPS) is 10.8. The van der Waals surface area contributed by atoms with Crippen LogP contribution in [0.4, 0.5) is 0 Å². The van der Waals surface area contributed by atoms with Crippen molar-refractivity contribution in [2.45, 2.75) is 6.92 Å². The molecule has 0 unspecified atom stereocenters. The number of hydrogen-bond acceptors (Lipinski definition) is 4. The van der Waals surface area contributed by atoms with Gasteiger partial charge in [-0.25, -0.2) is 4.79 Å². The first-order valence-electron chi connectivity index (χ1n) is 7.77. The lowest BCUT2D eigenvalue weighted by atomic mass is 10.1. The molecule has 2 aromatic carbocycles. The SMILES string of the molecule is Cc1ccc(C(=O)/C=C/c2ccc(OC(=O)c3cccs3)cc2)cc1. The van der Waals surface area contributed by atoms with E-state index in [1.807, 2.05) is 36.6 Å². The highest BCUT2D eigenvalue weighted by atomic mass is 32.1. The zero-order chi connectivity index (χ0) is 17.6. The Bertz CT molecular complexity index is 889. The van der Waals surface area contributed by atoms with E-state index in [0.717, 1.165) is 11.1 Å². The molecule has 0 amide bonds. The predicted octanol–water partition coefficient (Wildman–Crippen LogP) is 5.17. The average molecular weight is 348 g/mol. The summed E-state index contributed by atoms with van der Waals surface area (Å²) in [6.45, 7) is 1.98. The molecule has 4 heteroatoms. The molecular weight excluding hydrogens is 332 g/mol. The number of rotatable bonds is 5. The van der Waals surface area contributed by atoms with Gasteiger partial charge in [-0.05, 0) is 42.1 Å². The van der Waals surface area contributed by atoms with Gasteiger partial charge in [0.05, 0.1) is 0 Å². The lowest BCUT2D eigenvalue weighted by Gasteiger charge is -2.03. The van der Waals surface area contributed by atoms with Gasteiger partial charge >= 0.3 is 5.97 Å². The Morgan fingerprint density at radius 3 is 2.32 bits per heavy atom. The van der Waals surface area contributed by atoms with Crippen molar-refractivity contribution in [1.29, 1.82) is 0 Å². The van der Waals surface area contributed by atoms with E-state index in [9.17, 15) is 9.59 Å². The summed E-state index contributed by atoms with van der Waals surface area (Å²) in [5.41, 5.74) is 2.63. The number of carbonyl (C=O) groups is 2. The van der Waals surface area contributed by atoms with Gasteiger partial charge in [0.15, 0.2) is 5.78 Å². The Kier molecular flexibility index (Phi) is 5.21. The first kappa shape index (κ1) is 16.9. The summed E-state index contributed by atoms with van der Waals surface area (Å²) >= 11 is 1.34. The van der Waals surface area contributed by atoms with Crippen LogP contribution >= 0.6 is 11.3 Å². The maximum absolute atomic E-state index is 12.1. The van der Waals surface area contributed by atoms with Crippen molar-refractivity contribution in [2.75, 3.05) is 0 Å². The third-order valence-corrected chi connectivity index (χ3v) is 4.43. The van der Waals surface area contributed by atoms with Gasteiger partial charge in [-0.1, -0.05) is 54.1 Å². The lowest BCUT2D eigenvalue weighted by molar-refractivity contribution is 0.0739. The number of ketones is 1. The van der Waals surface area contributed by atoms with Gasteiger partial charge in [0.2, 0.25) is 0 Å². The molecule has 0 bridgehead atoms. The van der Waals surface area contributed by atoms with Gasteiger partial charge in [-0.2, -0.15) is 0 Å². The van der Waals surface area contributed by atoms with Crippen LogP contribution in [-0.4, -0.2) is 11.8 Å². The smallest absolute Gasteiger partial charge is 0.353 e. The third-order valence-electron chi connectivity index (χ3n) is 3.58. The van der Waals surface area contributed by atoms with Crippen LogP contribution in [0, 0.1) is 6.92 Å². The highest BCUT2D eigenvalue weighted by Gasteiger charge is 2.09. The molecule has 1 aromatic heterocycles. The highest BCUT2D eigenvalue weighted by Crippen LogP contribution is 2.17. The molecule has 0 aliphatic carbocycles. The Morgan fingerprint density at radius 2 is 1.68 bits per heavy atom. The van der Waals surface area contributed by atoms with Crippen LogP contribution in [0.3, 0.4) is 0 Å². The van der Waals surface area contributed by atoms with Crippen molar-refractivity contribution in [1.82, 2.24) is 0 Å². The van der Waals surface area contributed by atoms with E-state index in [1.165, 1.54) is 17.4 Å². The first-order valence-corrected chi connectivity index (χ1v) is 8.64. The van der Waals surface area contributed by atoms with Crippen LogP contribution in [0.2, 0.25) is 0 Å². The van der Waals surface area contributed by atoms with Crippen LogP contribution < -0.4 is 4.74 Å². The number of hydrogen-bond donors (Lipinski definition) is 0. The molecule has 0 fully saturated rings. The third kappa shape index (κ3) is 4.52. The topological polar surface area (TPSA) is 43.4 Å². The van der Waals surface area contributed by atoms with Crippen LogP contribution in [0.5, 0.6) is 5.75 Å². The lowest BCUT2D eigenvalue weighted by Crippen LogP contribution is -2.05. The minimum absolute atomic E-state index is 0.0480. The molecule has 3 rings (SSSR count). The molecular formula is C21H16O3S. The van der Waals surface area contributed by atoms with Gasteiger partial charge in [-0.3, -0.25) is 4.79 Å².